The summed E-state index contributed by atoms with van der Waals surface area (Å²) in [5.74, 6) is 0. The minimum atomic E-state index is 0.630. The van der Waals surface area contributed by atoms with E-state index in [0.717, 1.165) is 6.54 Å². The van der Waals surface area contributed by atoms with E-state index in [0.29, 0.717) is 6.17 Å². The minimum Gasteiger partial charge on any atom is -0.320 e. The van der Waals surface area contributed by atoms with Crippen LogP contribution in [0.4, 0.5) is 0 Å². The Hall–Kier alpha value is -0.120. The van der Waals surface area contributed by atoms with Crippen molar-refractivity contribution in [2.45, 2.75) is 25.9 Å². The number of rotatable bonds is 4. The van der Waals surface area contributed by atoms with E-state index >= 15 is 0 Å². The highest BCUT2D eigenvalue weighted by atomic mass is 15.4. The van der Waals surface area contributed by atoms with Gasteiger partial charge in [0.05, 0.1) is 6.17 Å². The molecule has 1 aliphatic rings. The van der Waals surface area contributed by atoms with E-state index in [1.54, 1.807) is 0 Å². The Morgan fingerprint density at radius 3 is 2.85 bits per heavy atom. The van der Waals surface area contributed by atoms with Crippen molar-refractivity contribution >= 4 is 0 Å². The van der Waals surface area contributed by atoms with Crippen molar-refractivity contribution in [1.29, 1.82) is 0 Å². The lowest BCUT2D eigenvalue weighted by Gasteiger charge is -2.40. The summed E-state index contributed by atoms with van der Waals surface area (Å²) >= 11 is 0. The normalized spacial score (nSPS) is 26.5. The summed E-state index contributed by atoms with van der Waals surface area (Å²) in [7, 11) is 4.24. The van der Waals surface area contributed by atoms with Crippen LogP contribution in [-0.2, 0) is 0 Å². The Morgan fingerprint density at radius 1 is 1.38 bits per heavy atom. The first-order valence-corrected chi connectivity index (χ1v) is 5.34. The van der Waals surface area contributed by atoms with Gasteiger partial charge in [0.15, 0.2) is 0 Å². The second-order valence-electron chi connectivity index (χ2n) is 3.96. The predicted octanol–water partition coefficient (Wildman–Crippen LogP) is 0.579. The Bertz CT molecular complexity index is 138. The molecule has 3 heteroatoms. The zero-order valence-corrected chi connectivity index (χ0v) is 9.21. The first-order chi connectivity index (χ1) is 6.25. The number of hydrogen-bond acceptors (Lipinski definition) is 3. The molecule has 0 aromatic carbocycles. The van der Waals surface area contributed by atoms with Crippen molar-refractivity contribution in [2.24, 2.45) is 0 Å². The maximum absolute atomic E-state index is 3.19. The van der Waals surface area contributed by atoms with Crippen LogP contribution in [0.1, 0.15) is 19.8 Å². The van der Waals surface area contributed by atoms with Gasteiger partial charge in [-0.15, -0.1) is 0 Å². The molecule has 3 nitrogen and oxygen atoms in total. The second kappa shape index (κ2) is 5.58. The molecule has 1 heterocycles. The van der Waals surface area contributed by atoms with Crippen molar-refractivity contribution in [2.75, 3.05) is 40.3 Å². The maximum Gasteiger partial charge on any atom is 0.0590 e. The van der Waals surface area contributed by atoms with E-state index in [1.165, 1.54) is 32.5 Å². The van der Waals surface area contributed by atoms with E-state index in [4.69, 9.17) is 0 Å². The van der Waals surface area contributed by atoms with Gasteiger partial charge in [-0.2, -0.15) is 0 Å². The molecule has 1 unspecified atom stereocenters. The first kappa shape index (κ1) is 11.0. The molecular formula is C10H23N3. The predicted molar refractivity (Wildman–Crippen MR) is 56.8 cm³/mol. The molecule has 0 amide bonds. The molecule has 0 bridgehead atoms. The summed E-state index contributed by atoms with van der Waals surface area (Å²) in [4.78, 5) is 5.00. The summed E-state index contributed by atoms with van der Waals surface area (Å²) in [5, 5.41) is 3.19. The number of nitrogens with one attached hydrogen (secondary N) is 1. The highest BCUT2D eigenvalue weighted by molar-refractivity contribution is 4.73. The molecule has 1 aliphatic heterocycles. The lowest BCUT2D eigenvalue weighted by molar-refractivity contribution is 0.0342. The Kier molecular flexibility index (Phi) is 4.70. The highest BCUT2D eigenvalue weighted by Gasteiger charge is 2.21. The molecular weight excluding hydrogens is 162 g/mol. The van der Waals surface area contributed by atoms with E-state index in [-0.39, 0.29) is 0 Å². The topological polar surface area (TPSA) is 18.5 Å². The fraction of sp³-hybridized carbons (Fsp3) is 1.00. The SMILES string of the molecule is CNCCCN1CCCN(C)C1C. The minimum absolute atomic E-state index is 0.630. The van der Waals surface area contributed by atoms with Gasteiger partial charge < -0.3 is 5.32 Å². The van der Waals surface area contributed by atoms with Gasteiger partial charge >= 0.3 is 0 Å². The third kappa shape index (κ3) is 3.25. The molecule has 0 saturated carbocycles. The van der Waals surface area contributed by atoms with E-state index < -0.39 is 0 Å². The van der Waals surface area contributed by atoms with Crippen LogP contribution in [0.25, 0.3) is 0 Å². The highest BCUT2D eigenvalue weighted by Crippen LogP contribution is 2.11. The van der Waals surface area contributed by atoms with Crippen molar-refractivity contribution in [3.63, 3.8) is 0 Å². The molecule has 0 radical (unpaired) electrons. The molecule has 0 aliphatic carbocycles. The lowest BCUT2D eigenvalue weighted by Crippen LogP contribution is -2.50. The fourth-order valence-corrected chi connectivity index (χ4v) is 1.93. The van der Waals surface area contributed by atoms with Crippen LogP contribution in [0.2, 0.25) is 0 Å². The van der Waals surface area contributed by atoms with Crippen molar-refractivity contribution in [1.82, 2.24) is 15.1 Å². The van der Waals surface area contributed by atoms with E-state index in [1.807, 2.05) is 7.05 Å². The largest absolute Gasteiger partial charge is 0.320 e. The molecule has 0 spiro atoms. The first-order valence-electron chi connectivity index (χ1n) is 5.34. The van der Waals surface area contributed by atoms with Crippen LogP contribution in [0, 0.1) is 0 Å². The lowest BCUT2D eigenvalue weighted by atomic mass is 10.2. The van der Waals surface area contributed by atoms with Crippen LogP contribution < -0.4 is 5.32 Å². The third-order valence-electron chi connectivity index (χ3n) is 2.99. The van der Waals surface area contributed by atoms with Crippen LogP contribution >= 0.6 is 0 Å². The van der Waals surface area contributed by atoms with Crippen molar-refractivity contribution < 1.29 is 0 Å². The number of hydrogen-bond donors (Lipinski definition) is 1. The molecule has 78 valence electrons. The van der Waals surface area contributed by atoms with Gasteiger partial charge in [-0.1, -0.05) is 0 Å². The molecule has 1 N–H and O–H groups in total. The monoisotopic (exact) mass is 185 g/mol. The Labute approximate surface area is 82.1 Å². The molecule has 1 saturated heterocycles. The van der Waals surface area contributed by atoms with Gasteiger partial charge in [-0.3, -0.25) is 9.80 Å². The maximum atomic E-state index is 3.19. The standard InChI is InChI=1S/C10H23N3/c1-10-12(3)7-5-9-13(10)8-4-6-11-2/h10-11H,4-9H2,1-3H3. The summed E-state index contributed by atoms with van der Waals surface area (Å²) in [6.07, 6.45) is 3.21. The zero-order chi connectivity index (χ0) is 9.68. The van der Waals surface area contributed by atoms with Crippen LogP contribution in [0.3, 0.4) is 0 Å². The smallest absolute Gasteiger partial charge is 0.0590 e. The van der Waals surface area contributed by atoms with Crippen molar-refractivity contribution in [3.8, 4) is 0 Å². The van der Waals surface area contributed by atoms with Crippen LogP contribution in [0.5, 0.6) is 0 Å². The molecule has 1 atom stereocenters. The second-order valence-corrected chi connectivity index (χ2v) is 3.96. The van der Waals surface area contributed by atoms with Gasteiger partial charge in [0.25, 0.3) is 0 Å². The van der Waals surface area contributed by atoms with E-state index in [9.17, 15) is 0 Å². The van der Waals surface area contributed by atoms with Gasteiger partial charge in [-0.05, 0) is 40.4 Å². The van der Waals surface area contributed by atoms with Crippen LogP contribution in [0.15, 0.2) is 0 Å². The Morgan fingerprint density at radius 2 is 2.15 bits per heavy atom. The summed E-state index contributed by atoms with van der Waals surface area (Å²) < 4.78 is 0. The van der Waals surface area contributed by atoms with Crippen molar-refractivity contribution in [3.05, 3.63) is 0 Å². The summed E-state index contributed by atoms with van der Waals surface area (Å²) in [6.45, 7) is 7.19. The molecule has 1 fully saturated rings. The summed E-state index contributed by atoms with van der Waals surface area (Å²) in [5.41, 5.74) is 0. The van der Waals surface area contributed by atoms with E-state index in [2.05, 4.69) is 29.1 Å². The molecule has 0 aromatic rings. The quantitative estimate of drug-likeness (QED) is 0.646. The van der Waals surface area contributed by atoms with Gasteiger partial charge in [0.2, 0.25) is 0 Å². The zero-order valence-electron chi connectivity index (χ0n) is 9.21. The third-order valence-corrected chi connectivity index (χ3v) is 2.99. The number of nitrogens with zero attached hydrogens (tertiary/aromatic N) is 2. The summed E-state index contributed by atoms with van der Waals surface area (Å²) in [6, 6.07) is 0. The van der Waals surface area contributed by atoms with Crippen LogP contribution in [-0.4, -0.2) is 56.2 Å². The average Bonchev–Trinajstić information content (AvgIpc) is 2.13. The van der Waals surface area contributed by atoms with Gasteiger partial charge in [0.1, 0.15) is 0 Å². The van der Waals surface area contributed by atoms with Gasteiger partial charge in [0, 0.05) is 19.6 Å². The molecule has 0 aromatic heterocycles. The van der Waals surface area contributed by atoms with Gasteiger partial charge in [-0.25, -0.2) is 0 Å². The Balaban J connectivity index is 2.23. The average molecular weight is 185 g/mol. The molecule has 1 rings (SSSR count). The molecule has 13 heavy (non-hydrogen) atoms. The fourth-order valence-electron chi connectivity index (χ4n) is 1.93.